The number of nitrogens with one attached hydrogen (secondary N) is 1. The fourth-order valence-electron chi connectivity index (χ4n) is 3.09. The zero-order valence-electron chi connectivity index (χ0n) is 11.8. The molecule has 1 heterocycles. The Balaban J connectivity index is 2.56. The van der Waals surface area contributed by atoms with Crippen LogP contribution in [0.25, 0.3) is 0 Å². The molecule has 0 aromatic heterocycles. The summed E-state index contributed by atoms with van der Waals surface area (Å²) in [6.07, 6.45) is 5.17. The normalized spacial score (nSPS) is 24.6. The van der Waals surface area contributed by atoms with Crippen LogP contribution in [0.2, 0.25) is 0 Å². The average molecular weight is 226 g/mol. The summed E-state index contributed by atoms with van der Waals surface area (Å²) < 4.78 is 0. The molecule has 2 atom stereocenters. The van der Waals surface area contributed by atoms with E-state index in [0.717, 1.165) is 6.54 Å². The second-order valence-corrected chi connectivity index (χ2v) is 5.82. The van der Waals surface area contributed by atoms with Crippen LogP contribution < -0.4 is 5.32 Å². The van der Waals surface area contributed by atoms with E-state index in [1.54, 1.807) is 0 Å². The van der Waals surface area contributed by atoms with E-state index < -0.39 is 0 Å². The van der Waals surface area contributed by atoms with Crippen LogP contribution in [0.4, 0.5) is 0 Å². The number of likely N-dealkylation sites (tertiary alicyclic amines) is 1. The second kappa shape index (κ2) is 6.02. The van der Waals surface area contributed by atoms with Crippen LogP contribution in [0.5, 0.6) is 0 Å². The molecule has 0 spiro atoms. The molecule has 0 bridgehead atoms. The highest BCUT2D eigenvalue weighted by molar-refractivity contribution is 4.94. The Morgan fingerprint density at radius 3 is 2.44 bits per heavy atom. The van der Waals surface area contributed by atoms with Crippen molar-refractivity contribution < 1.29 is 0 Å². The first-order valence-corrected chi connectivity index (χ1v) is 7.03. The van der Waals surface area contributed by atoms with Crippen molar-refractivity contribution in [2.24, 2.45) is 0 Å². The molecule has 2 nitrogen and oxygen atoms in total. The van der Waals surface area contributed by atoms with Gasteiger partial charge in [-0.1, -0.05) is 13.8 Å². The van der Waals surface area contributed by atoms with Gasteiger partial charge in [-0.15, -0.1) is 0 Å². The maximum atomic E-state index is 3.69. The molecule has 1 N–H and O–H groups in total. The van der Waals surface area contributed by atoms with E-state index in [0.29, 0.717) is 17.6 Å². The van der Waals surface area contributed by atoms with Gasteiger partial charge in [0.15, 0.2) is 0 Å². The molecule has 1 rings (SSSR count). The molecule has 1 saturated heterocycles. The Bertz CT molecular complexity index is 201. The molecule has 0 aromatic rings. The Morgan fingerprint density at radius 1 is 1.31 bits per heavy atom. The van der Waals surface area contributed by atoms with E-state index >= 15 is 0 Å². The molecule has 0 saturated carbocycles. The maximum Gasteiger partial charge on any atom is 0.0226 e. The minimum atomic E-state index is 0.404. The zero-order valence-corrected chi connectivity index (χ0v) is 11.8. The maximum absolute atomic E-state index is 3.69. The van der Waals surface area contributed by atoms with E-state index in [9.17, 15) is 0 Å². The first kappa shape index (κ1) is 14.0. The lowest BCUT2D eigenvalue weighted by Crippen LogP contribution is -2.53. The minimum absolute atomic E-state index is 0.404. The summed E-state index contributed by atoms with van der Waals surface area (Å²) in [6, 6.07) is 1.31. The predicted octanol–water partition coefficient (Wildman–Crippen LogP) is 3.03. The van der Waals surface area contributed by atoms with Crippen LogP contribution in [0.3, 0.4) is 0 Å². The van der Waals surface area contributed by atoms with Crippen molar-refractivity contribution in [1.82, 2.24) is 10.2 Å². The summed E-state index contributed by atoms with van der Waals surface area (Å²) in [5.41, 5.74) is 0.404. The smallest absolute Gasteiger partial charge is 0.0226 e. The lowest BCUT2D eigenvalue weighted by atomic mass is 9.97. The van der Waals surface area contributed by atoms with Gasteiger partial charge in [0, 0.05) is 17.6 Å². The molecule has 1 aliphatic heterocycles. The fourth-order valence-corrected chi connectivity index (χ4v) is 3.09. The van der Waals surface area contributed by atoms with E-state index in [-0.39, 0.29) is 0 Å². The molecule has 0 radical (unpaired) electrons. The highest BCUT2D eigenvalue weighted by atomic mass is 15.3. The van der Waals surface area contributed by atoms with Gasteiger partial charge in [-0.25, -0.2) is 0 Å². The van der Waals surface area contributed by atoms with Crippen molar-refractivity contribution in [2.75, 3.05) is 13.1 Å². The summed E-state index contributed by atoms with van der Waals surface area (Å²) in [5, 5.41) is 3.69. The summed E-state index contributed by atoms with van der Waals surface area (Å²) in [7, 11) is 0. The summed E-state index contributed by atoms with van der Waals surface area (Å²) >= 11 is 0. The van der Waals surface area contributed by atoms with E-state index in [1.165, 1.54) is 32.2 Å². The lowest BCUT2D eigenvalue weighted by molar-refractivity contribution is 0.0977. The summed E-state index contributed by atoms with van der Waals surface area (Å²) in [4.78, 5) is 2.70. The number of hydrogen-bond donors (Lipinski definition) is 1. The number of nitrogens with zero attached hydrogens (tertiary/aromatic N) is 1. The Morgan fingerprint density at radius 2 is 2.00 bits per heavy atom. The molecule has 2 unspecified atom stereocenters. The van der Waals surface area contributed by atoms with Gasteiger partial charge in [0.05, 0.1) is 0 Å². The molecular formula is C14H30N2. The van der Waals surface area contributed by atoms with Crippen molar-refractivity contribution in [2.45, 2.75) is 77.9 Å². The van der Waals surface area contributed by atoms with Gasteiger partial charge in [0.2, 0.25) is 0 Å². The SMILES string of the molecule is CCCNC(CC)C(C)N1CCCC1(C)C. The number of rotatable bonds is 6. The highest BCUT2D eigenvalue weighted by Crippen LogP contribution is 2.31. The van der Waals surface area contributed by atoms with E-state index in [4.69, 9.17) is 0 Å². The van der Waals surface area contributed by atoms with Gasteiger partial charge in [-0.2, -0.15) is 0 Å². The predicted molar refractivity (Wildman–Crippen MR) is 71.9 cm³/mol. The molecule has 0 aliphatic carbocycles. The van der Waals surface area contributed by atoms with Crippen LogP contribution in [0.15, 0.2) is 0 Å². The third kappa shape index (κ3) is 3.21. The average Bonchev–Trinajstić information content (AvgIpc) is 2.59. The zero-order chi connectivity index (χ0) is 12.2. The minimum Gasteiger partial charge on any atom is -0.312 e. The first-order valence-electron chi connectivity index (χ1n) is 7.03. The van der Waals surface area contributed by atoms with Gasteiger partial charge in [0.25, 0.3) is 0 Å². The Labute approximate surface area is 102 Å². The standard InChI is InChI=1S/C14H30N2/c1-6-10-15-13(7-2)12(3)16-11-8-9-14(16,4)5/h12-13,15H,6-11H2,1-5H3. The summed E-state index contributed by atoms with van der Waals surface area (Å²) in [6.45, 7) is 14.1. The third-order valence-electron chi connectivity index (χ3n) is 4.14. The van der Waals surface area contributed by atoms with Gasteiger partial charge in [-0.3, -0.25) is 4.90 Å². The molecule has 2 heteroatoms. The van der Waals surface area contributed by atoms with Crippen LogP contribution in [0.1, 0.15) is 60.3 Å². The van der Waals surface area contributed by atoms with Crippen molar-refractivity contribution >= 4 is 0 Å². The Hall–Kier alpha value is -0.0800. The Kier molecular flexibility index (Phi) is 5.26. The van der Waals surface area contributed by atoms with Crippen molar-refractivity contribution in [3.05, 3.63) is 0 Å². The molecule has 1 fully saturated rings. The molecule has 0 amide bonds. The quantitative estimate of drug-likeness (QED) is 0.749. The van der Waals surface area contributed by atoms with Gasteiger partial charge in [0.1, 0.15) is 0 Å². The topological polar surface area (TPSA) is 15.3 Å². The lowest BCUT2D eigenvalue weighted by Gasteiger charge is -2.40. The molecule has 1 aliphatic rings. The van der Waals surface area contributed by atoms with Crippen LogP contribution >= 0.6 is 0 Å². The molecule has 0 aromatic carbocycles. The van der Waals surface area contributed by atoms with Crippen LogP contribution in [-0.2, 0) is 0 Å². The van der Waals surface area contributed by atoms with Gasteiger partial charge in [-0.05, 0) is 59.5 Å². The second-order valence-electron chi connectivity index (χ2n) is 5.82. The fraction of sp³-hybridized carbons (Fsp3) is 1.00. The molecular weight excluding hydrogens is 196 g/mol. The monoisotopic (exact) mass is 226 g/mol. The van der Waals surface area contributed by atoms with E-state index in [1.807, 2.05) is 0 Å². The van der Waals surface area contributed by atoms with E-state index in [2.05, 4.69) is 44.8 Å². The largest absolute Gasteiger partial charge is 0.312 e. The van der Waals surface area contributed by atoms with Gasteiger partial charge >= 0.3 is 0 Å². The summed E-state index contributed by atoms with van der Waals surface area (Å²) in [5.74, 6) is 0. The first-order chi connectivity index (χ1) is 7.53. The third-order valence-corrected chi connectivity index (χ3v) is 4.14. The van der Waals surface area contributed by atoms with Crippen molar-refractivity contribution in [3.63, 3.8) is 0 Å². The highest BCUT2D eigenvalue weighted by Gasteiger charge is 2.37. The van der Waals surface area contributed by atoms with Crippen molar-refractivity contribution in [1.29, 1.82) is 0 Å². The van der Waals surface area contributed by atoms with Gasteiger partial charge < -0.3 is 5.32 Å². The molecule has 96 valence electrons. The molecule has 16 heavy (non-hydrogen) atoms. The van der Waals surface area contributed by atoms with Crippen LogP contribution in [0, 0.1) is 0 Å². The number of hydrogen-bond acceptors (Lipinski definition) is 2. The van der Waals surface area contributed by atoms with Crippen LogP contribution in [-0.4, -0.2) is 35.6 Å². The van der Waals surface area contributed by atoms with Crippen molar-refractivity contribution in [3.8, 4) is 0 Å².